The van der Waals surface area contributed by atoms with Gasteiger partial charge in [0.05, 0.1) is 5.69 Å². The van der Waals surface area contributed by atoms with Crippen LogP contribution >= 0.6 is 33.2 Å². The van der Waals surface area contributed by atoms with E-state index >= 15 is 0 Å². The number of nitrogens with one attached hydrogen (secondary N) is 4. The smallest absolute Gasteiger partial charge is 0.274 e. The van der Waals surface area contributed by atoms with E-state index in [-0.39, 0.29) is 29.4 Å². The highest BCUT2D eigenvalue weighted by Crippen LogP contribution is 2.45. The van der Waals surface area contributed by atoms with Crippen molar-refractivity contribution in [2.75, 3.05) is 33.7 Å². The summed E-state index contributed by atoms with van der Waals surface area (Å²) in [5.41, 5.74) is 5.06. The predicted octanol–water partition coefficient (Wildman–Crippen LogP) is 8.91. The molecular weight excluding hydrogens is 716 g/mol. The lowest BCUT2D eigenvalue weighted by atomic mass is 9.95. The van der Waals surface area contributed by atoms with E-state index in [2.05, 4.69) is 25.6 Å². The van der Waals surface area contributed by atoms with Crippen LogP contribution in [0.4, 0.5) is 17.1 Å². The average Bonchev–Trinajstić information content (AvgIpc) is 3.89. The molecule has 0 saturated carbocycles. The number of H-pyrrole nitrogens is 2. The molecule has 4 aromatic carbocycles. The first-order valence-corrected chi connectivity index (χ1v) is 19.4. The zero-order chi connectivity index (χ0) is 35.8. The average molecular weight is 747 g/mol. The number of carbonyl (C=O) groups is 3. The zero-order valence-electron chi connectivity index (χ0n) is 27.5. The number of aromatic nitrogens is 3. The molecule has 3 aromatic heterocycles. The van der Waals surface area contributed by atoms with Crippen LogP contribution in [-0.4, -0.2) is 56.0 Å². The molecule has 3 amide bonds. The molecule has 0 bridgehead atoms. The number of aromatic hydroxyl groups is 1. The summed E-state index contributed by atoms with van der Waals surface area (Å²) >= 11 is 6.38. The van der Waals surface area contributed by atoms with Gasteiger partial charge in [0.25, 0.3) is 11.8 Å². The van der Waals surface area contributed by atoms with Crippen LogP contribution < -0.4 is 15.5 Å². The number of hydrogen-bond donors (Lipinski definition) is 5. The highest BCUT2D eigenvalue weighted by molar-refractivity contribution is 8.76. The fraction of sp³-hybridized carbons (Fsp3) is 0.128. The van der Waals surface area contributed by atoms with Crippen LogP contribution in [0, 0.1) is 0 Å². The molecule has 260 valence electrons. The maximum absolute atomic E-state index is 13.9. The molecule has 0 radical (unpaired) electrons. The van der Waals surface area contributed by atoms with E-state index in [0.717, 1.165) is 43.2 Å². The molecule has 7 aromatic rings. The molecule has 4 heterocycles. The SMILES string of the molecule is O=C(CCSSc1ccccn1)Nc1ccc2[nH]c(C(=O)Nc3ccc4[nH]c(C(=O)N5C[C@@H](CCl)c6c5cc(O)c5ccccc65)cc4c3)cc2c1. The number of carbonyl (C=O) groups excluding carboxylic acids is 3. The van der Waals surface area contributed by atoms with Crippen molar-refractivity contribution in [1.29, 1.82) is 0 Å². The van der Waals surface area contributed by atoms with Crippen LogP contribution in [0.25, 0.3) is 32.6 Å². The number of fused-ring (bicyclic) bond motifs is 5. The van der Waals surface area contributed by atoms with Crippen LogP contribution in [0.5, 0.6) is 5.75 Å². The van der Waals surface area contributed by atoms with Crippen molar-refractivity contribution < 1.29 is 19.5 Å². The van der Waals surface area contributed by atoms with Crippen molar-refractivity contribution in [3.63, 3.8) is 0 Å². The molecule has 5 N–H and O–H groups in total. The van der Waals surface area contributed by atoms with Crippen LogP contribution in [-0.2, 0) is 4.79 Å². The Morgan fingerprint density at radius 1 is 0.846 bits per heavy atom. The van der Waals surface area contributed by atoms with Crippen molar-refractivity contribution >= 4 is 101 Å². The first-order valence-electron chi connectivity index (χ1n) is 16.5. The summed E-state index contributed by atoms with van der Waals surface area (Å²) in [6.45, 7) is 0.395. The number of rotatable bonds is 10. The Labute approximate surface area is 310 Å². The summed E-state index contributed by atoms with van der Waals surface area (Å²) in [5.74, 6) is 0.345. The fourth-order valence-corrected chi connectivity index (χ4v) is 8.72. The van der Waals surface area contributed by atoms with E-state index in [0.29, 0.717) is 53.0 Å². The monoisotopic (exact) mass is 746 g/mol. The van der Waals surface area contributed by atoms with Gasteiger partial charge in [-0.25, -0.2) is 4.98 Å². The minimum absolute atomic E-state index is 0.0794. The normalized spacial score (nSPS) is 13.9. The summed E-state index contributed by atoms with van der Waals surface area (Å²) in [4.78, 5) is 52.0. The molecule has 1 aliphatic heterocycles. The van der Waals surface area contributed by atoms with Gasteiger partial charge in [-0.15, -0.1) is 11.6 Å². The second kappa shape index (κ2) is 14.3. The lowest BCUT2D eigenvalue weighted by Gasteiger charge is -2.17. The van der Waals surface area contributed by atoms with E-state index in [1.165, 1.54) is 10.8 Å². The van der Waals surface area contributed by atoms with Crippen molar-refractivity contribution in [2.24, 2.45) is 0 Å². The molecule has 0 fully saturated rings. The third kappa shape index (κ3) is 6.68. The second-order valence-electron chi connectivity index (χ2n) is 12.4. The number of amides is 3. The molecule has 8 rings (SSSR count). The topological polar surface area (TPSA) is 143 Å². The van der Waals surface area contributed by atoms with E-state index in [1.54, 1.807) is 52.2 Å². The van der Waals surface area contributed by atoms with Crippen molar-refractivity contribution in [1.82, 2.24) is 15.0 Å². The Morgan fingerprint density at radius 2 is 1.54 bits per heavy atom. The van der Waals surface area contributed by atoms with Gasteiger partial charge >= 0.3 is 0 Å². The number of pyridine rings is 1. The Bertz CT molecular complexity index is 2500. The third-order valence-electron chi connectivity index (χ3n) is 9.03. The zero-order valence-corrected chi connectivity index (χ0v) is 29.9. The van der Waals surface area contributed by atoms with Crippen LogP contribution in [0.1, 0.15) is 38.9 Å². The number of benzene rings is 4. The van der Waals surface area contributed by atoms with E-state index in [1.807, 2.05) is 66.7 Å². The Kier molecular flexibility index (Phi) is 9.27. The predicted molar refractivity (Wildman–Crippen MR) is 211 cm³/mol. The van der Waals surface area contributed by atoms with Gasteiger partial charge in [0.2, 0.25) is 5.91 Å². The highest BCUT2D eigenvalue weighted by atomic mass is 35.5. The summed E-state index contributed by atoms with van der Waals surface area (Å²) in [6.07, 6.45) is 2.10. The van der Waals surface area contributed by atoms with Crippen LogP contribution in [0.15, 0.2) is 108 Å². The molecule has 1 atom stereocenters. The van der Waals surface area contributed by atoms with E-state index < -0.39 is 0 Å². The van der Waals surface area contributed by atoms with Gasteiger partial charge in [-0.3, -0.25) is 14.4 Å². The molecule has 0 aliphatic carbocycles. The number of hydrogen-bond acceptors (Lipinski definition) is 7. The first kappa shape index (κ1) is 33.7. The molecular formula is C39H31ClN6O4S2. The highest BCUT2D eigenvalue weighted by Gasteiger charge is 2.35. The number of anilines is 3. The van der Waals surface area contributed by atoms with Gasteiger partial charge in [-0.2, -0.15) is 0 Å². The van der Waals surface area contributed by atoms with Crippen LogP contribution in [0.3, 0.4) is 0 Å². The summed E-state index contributed by atoms with van der Waals surface area (Å²) < 4.78 is 0. The van der Waals surface area contributed by atoms with Gasteiger partial charge in [0.15, 0.2) is 0 Å². The summed E-state index contributed by atoms with van der Waals surface area (Å²) in [6, 6.07) is 29.3. The number of phenolic OH excluding ortho intramolecular Hbond substituents is 1. The number of aromatic amines is 2. The minimum atomic E-state index is -0.330. The number of alkyl halides is 1. The van der Waals surface area contributed by atoms with Gasteiger partial charge in [0.1, 0.15) is 22.2 Å². The summed E-state index contributed by atoms with van der Waals surface area (Å²) in [5, 5.41) is 20.7. The molecule has 0 unspecified atom stereocenters. The standard InChI is InChI=1S/C39H31ClN6O4S2/c40-20-24-21-46(33-19-34(47)27-5-1-2-6-28(27)37(24)33)39(50)32-18-23-16-26(9-11-30(23)45-32)43-38(49)31-17-22-15-25(8-10-29(22)44-31)42-35(48)12-14-51-52-36-7-3-4-13-41-36/h1-11,13,15-19,24,44-45,47H,12,14,20-21H2,(H,42,48)(H,43,49)/t24-/m1/s1. The molecule has 0 saturated heterocycles. The fourth-order valence-electron chi connectivity index (χ4n) is 6.60. The first-order chi connectivity index (χ1) is 25.3. The number of phenols is 1. The van der Waals surface area contributed by atoms with Crippen LogP contribution in [0.2, 0.25) is 0 Å². The maximum Gasteiger partial charge on any atom is 0.274 e. The van der Waals surface area contributed by atoms with Gasteiger partial charge < -0.3 is 30.6 Å². The number of nitrogens with zero attached hydrogens (tertiary/aromatic N) is 2. The van der Waals surface area contributed by atoms with Crippen molar-refractivity contribution in [3.05, 3.63) is 120 Å². The molecule has 1 aliphatic rings. The second-order valence-corrected chi connectivity index (χ2v) is 15.2. The lowest BCUT2D eigenvalue weighted by molar-refractivity contribution is -0.115. The Balaban J connectivity index is 0.929. The van der Waals surface area contributed by atoms with Gasteiger partial charge in [-0.05, 0) is 82.4 Å². The molecule has 10 nitrogen and oxygen atoms in total. The Morgan fingerprint density at radius 3 is 2.27 bits per heavy atom. The third-order valence-corrected chi connectivity index (χ3v) is 11.7. The minimum Gasteiger partial charge on any atom is -0.507 e. The number of halogens is 1. The largest absolute Gasteiger partial charge is 0.507 e. The van der Waals surface area contributed by atoms with Gasteiger partial charge in [-0.1, -0.05) is 41.1 Å². The lowest BCUT2D eigenvalue weighted by Crippen LogP contribution is -2.30. The van der Waals surface area contributed by atoms with E-state index in [9.17, 15) is 19.5 Å². The van der Waals surface area contributed by atoms with Crippen molar-refractivity contribution in [3.8, 4) is 5.75 Å². The molecule has 52 heavy (non-hydrogen) atoms. The quantitative estimate of drug-likeness (QED) is 0.0534. The van der Waals surface area contributed by atoms with Crippen molar-refractivity contribution in [2.45, 2.75) is 17.4 Å². The Hall–Kier alpha value is -5.43. The summed E-state index contributed by atoms with van der Waals surface area (Å²) in [7, 11) is 3.11. The molecule has 0 spiro atoms. The maximum atomic E-state index is 13.9. The molecule has 13 heteroatoms. The van der Waals surface area contributed by atoms with E-state index in [4.69, 9.17) is 11.6 Å². The van der Waals surface area contributed by atoms with Gasteiger partial charge in [0, 0.05) is 81.3 Å².